The Bertz CT molecular complexity index is 455. The standard InChI is InChI=1S/C14H17N3/c1-2-12(1)9-16-10-13-3-5-14(6-4-13)17-8-7-15-11-17/h3-8,11-12,16H,1-2,9-10H2. The molecule has 1 aliphatic carbocycles. The van der Waals surface area contributed by atoms with Crippen molar-refractivity contribution in [2.24, 2.45) is 5.92 Å². The van der Waals surface area contributed by atoms with Gasteiger partial charge in [0.25, 0.3) is 0 Å². The largest absolute Gasteiger partial charge is 0.312 e. The van der Waals surface area contributed by atoms with Gasteiger partial charge in [0.05, 0.1) is 6.33 Å². The molecule has 0 aliphatic heterocycles. The second-order valence-electron chi connectivity index (χ2n) is 4.71. The lowest BCUT2D eigenvalue weighted by Crippen LogP contribution is -2.15. The highest BCUT2D eigenvalue weighted by Gasteiger charge is 2.19. The second kappa shape index (κ2) is 4.72. The van der Waals surface area contributed by atoms with Crippen LogP contribution in [0.4, 0.5) is 0 Å². The van der Waals surface area contributed by atoms with Crippen LogP contribution in [0.25, 0.3) is 5.69 Å². The van der Waals surface area contributed by atoms with Crippen molar-refractivity contribution < 1.29 is 0 Å². The quantitative estimate of drug-likeness (QED) is 0.850. The average Bonchev–Trinajstić information content (AvgIpc) is 3.03. The maximum absolute atomic E-state index is 4.05. The van der Waals surface area contributed by atoms with Crippen molar-refractivity contribution in [3.8, 4) is 5.69 Å². The van der Waals surface area contributed by atoms with E-state index in [0.717, 1.165) is 18.2 Å². The molecule has 0 amide bonds. The lowest BCUT2D eigenvalue weighted by molar-refractivity contribution is 0.638. The number of rotatable bonds is 5. The van der Waals surface area contributed by atoms with Crippen LogP contribution in [0.3, 0.4) is 0 Å². The Morgan fingerprint density at radius 3 is 2.71 bits per heavy atom. The van der Waals surface area contributed by atoms with Gasteiger partial charge in [0.1, 0.15) is 0 Å². The van der Waals surface area contributed by atoms with Crippen LogP contribution in [-0.2, 0) is 6.54 Å². The monoisotopic (exact) mass is 227 g/mol. The molecule has 2 aromatic rings. The Morgan fingerprint density at radius 1 is 1.24 bits per heavy atom. The zero-order valence-corrected chi connectivity index (χ0v) is 9.84. The van der Waals surface area contributed by atoms with Crippen molar-refractivity contribution in [1.82, 2.24) is 14.9 Å². The second-order valence-corrected chi connectivity index (χ2v) is 4.71. The zero-order chi connectivity index (χ0) is 11.5. The molecule has 1 fully saturated rings. The summed E-state index contributed by atoms with van der Waals surface area (Å²) in [5.41, 5.74) is 2.50. The predicted molar refractivity (Wildman–Crippen MR) is 68.0 cm³/mol. The van der Waals surface area contributed by atoms with Crippen molar-refractivity contribution >= 4 is 0 Å². The molecule has 3 heteroatoms. The number of benzene rings is 1. The topological polar surface area (TPSA) is 29.9 Å². The van der Waals surface area contributed by atoms with Crippen LogP contribution in [0.15, 0.2) is 43.0 Å². The van der Waals surface area contributed by atoms with E-state index in [1.807, 2.05) is 17.1 Å². The van der Waals surface area contributed by atoms with Crippen molar-refractivity contribution in [2.75, 3.05) is 6.54 Å². The summed E-state index contributed by atoms with van der Waals surface area (Å²) < 4.78 is 2.02. The Hall–Kier alpha value is -1.61. The summed E-state index contributed by atoms with van der Waals surface area (Å²) in [7, 11) is 0. The fraction of sp³-hybridized carbons (Fsp3) is 0.357. The average molecular weight is 227 g/mol. The minimum atomic E-state index is 0.945. The van der Waals surface area contributed by atoms with E-state index in [0.29, 0.717) is 0 Å². The Morgan fingerprint density at radius 2 is 2.06 bits per heavy atom. The molecule has 0 spiro atoms. The highest BCUT2D eigenvalue weighted by Crippen LogP contribution is 2.27. The fourth-order valence-electron chi connectivity index (χ4n) is 1.94. The fourth-order valence-corrected chi connectivity index (χ4v) is 1.94. The van der Waals surface area contributed by atoms with Crippen molar-refractivity contribution in [3.05, 3.63) is 48.5 Å². The van der Waals surface area contributed by atoms with Gasteiger partial charge in [0.15, 0.2) is 0 Å². The number of nitrogens with zero attached hydrogens (tertiary/aromatic N) is 2. The third-order valence-electron chi connectivity index (χ3n) is 3.20. The number of nitrogens with one attached hydrogen (secondary N) is 1. The smallest absolute Gasteiger partial charge is 0.0991 e. The van der Waals surface area contributed by atoms with Gasteiger partial charge in [0.2, 0.25) is 0 Å². The molecule has 1 aromatic carbocycles. The molecule has 1 saturated carbocycles. The first-order valence-corrected chi connectivity index (χ1v) is 6.20. The first-order chi connectivity index (χ1) is 8.42. The third kappa shape index (κ3) is 2.74. The molecule has 1 heterocycles. The van der Waals surface area contributed by atoms with Gasteiger partial charge in [-0.05, 0) is 43.0 Å². The maximum atomic E-state index is 4.05. The van der Waals surface area contributed by atoms with Crippen LogP contribution in [0.1, 0.15) is 18.4 Å². The van der Waals surface area contributed by atoms with Crippen molar-refractivity contribution in [3.63, 3.8) is 0 Å². The van der Waals surface area contributed by atoms with Crippen LogP contribution in [0.5, 0.6) is 0 Å². The van der Waals surface area contributed by atoms with Gasteiger partial charge in [-0.1, -0.05) is 12.1 Å². The van der Waals surface area contributed by atoms with E-state index in [1.165, 1.54) is 24.9 Å². The third-order valence-corrected chi connectivity index (χ3v) is 3.20. The van der Waals surface area contributed by atoms with E-state index in [2.05, 4.69) is 34.6 Å². The molecule has 1 N–H and O–H groups in total. The van der Waals surface area contributed by atoms with Gasteiger partial charge >= 0.3 is 0 Å². The first-order valence-electron chi connectivity index (χ1n) is 6.20. The molecule has 3 nitrogen and oxygen atoms in total. The summed E-state index contributed by atoms with van der Waals surface area (Å²) in [6.07, 6.45) is 8.39. The molecule has 1 aliphatic rings. The highest BCUT2D eigenvalue weighted by molar-refractivity contribution is 5.34. The first kappa shape index (κ1) is 10.5. The molecule has 1 aromatic heterocycles. The van der Waals surface area contributed by atoms with Gasteiger partial charge in [-0.15, -0.1) is 0 Å². The van der Waals surface area contributed by atoms with Gasteiger partial charge < -0.3 is 9.88 Å². The summed E-state index contributed by atoms with van der Waals surface area (Å²) in [5.74, 6) is 0.945. The van der Waals surface area contributed by atoms with E-state index in [1.54, 1.807) is 6.20 Å². The Kier molecular flexibility index (Phi) is 2.92. The van der Waals surface area contributed by atoms with E-state index in [4.69, 9.17) is 0 Å². The Balaban J connectivity index is 1.59. The predicted octanol–water partition coefficient (Wildman–Crippen LogP) is 2.37. The van der Waals surface area contributed by atoms with E-state index < -0.39 is 0 Å². The molecule has 0 saturated heterocycles. The minimum absolute atomic E-state index is 0.945. The SMILES string of the molecule is c1cn(-c2ccc(CNCC3CC3)cc2)cn1. The summed E-state index contributed by atoms with van der Waals surface area (Å²) in [6.45, 7) is 2.14. The van der Waals surface area contributed by atoms with Crippen molar-refractivity contribution in [1.29, 1.82) is 0 Å². The van der Waals surface area contributed by atoms with E-state index >= 15 is 0 Å². The molecular formula is C14H17N3. The molecule has 0 unspecified atom stereocenters. The Labute approximate surface area is 101 Å². The zero-order valence-electron chi connectivity index (χ0n) is 9.84. The van der Waals surface area contributed by atoms with Crippen LogP contribution >= 0.6 is 0 Å². The highest BCUT2D eigenvalue weighted by atomic mass is 15.0. The van der Waals surface area contributed by atoms with Gasteiger partial charge in [-0.3, -0.25) is 0 Å². The van der Waals surface area contributed by atoms with Crippen LogP contribution in [0, 0.1) is 5.92 Å². The molecule has 0 radical (unpaired) electrons. The number of imidazole rings is 1. The normalized spacial score (nSPS) is 15.1. The van der Waals surface area contributed by atoms with Gasteiger partial charge in [0, 0.05) is 24.6 Å². The number of hydrogen-bond acceptors (Lipinski definition) is 2. The van der Waals surface area contributed by atoms with E-state index in [9.17, 15) is 0 Å². The summed E-state index contributed by atoms with van der Waals surface area (Å²) >= 11 is 0. The van der Waals surface area contributed by atoms with Crippen LogP contribution in [-0.4, -0.2) is 16.1 Å². The molecule has 3 rings (SSSR count). The minimum Gasteiger partial charge on any atom is -0.312 e. The number of aromatic nitrogens is 2. The molecule has 0 bridgehead atoms. The molecule has 17 heavy (non-hydrogen) atoms. The van der Waals surface area contributed by atoms with Crippen molar-refractivity contribution in [2.45, 2.75) is 19.4 Å². The summed E-state index contributed by atoms with van der Waals surface area (Å²) in [6, 6.07) is 8.62. The van der Waals surface area contributed by atoms with Crippen LogP contribution < -0.4 is 5.32 Å². The molecule has 0 atom stereocenters. The summed E-state index contributed by atoms with van der Waals surface area (Å²) in [5, 5.41) is 3.50. The summed E-state index contributed by atoms with van der Waals surface area (Å²) in [4.78, 5) is 4.05. The molecular weight excluding hydrogens is 210 g/mol. The molecule has 88 valence electrons. The van der Waals surface area contributed by atoms with Gasteiger partial charge in [-0.25, -0.2) is 4.98 Å². The number of hydrogen-bond donors (Lipinski definition) is 1. The maximum Gasteiger partial charge on any atom is 0.0991 e. The van der Waals surface area contributed by atoms with E-state index in [-0.39, 0.29) is 0 Å². The van der Waals surface area contributed by atoms with Gasteiger partial charge in [-0.2, -0.15) is 0 Å². The van der Waals surface area contributed by atoms with Crippen LogP contribution in [0.2, 0.25) is 0 Å². The lowest BCUT2D eigenvalue weighted by Gasteiger charge is -2.06. The lowest BCUT2D eigenvalue weighted by atomic mass is 10.2.